The molecule has 0 amide bonds. The average molecular weight is 422 g/mol. The molecule has 1 spiro atoms. The van der Waals surface area contributed by atoms with Crippen molar-refractivity contribution in [3.05, 3.63) is 88.3 Å². The molecule has 0 aliphatic heterocycles. The molecule has 31 heavy (non-hydrogen) atoms. The van der Waals surface area contributed by atoms with Crippen molar-refractivity contribution >= 4 is 6.08 Å². The number of fused-ring (bicyclic) bond motifs is 1. The molecule has 0 radical (unpaired) electrons. The number of aliphatic hydroxyl groups is 2. The van der Waals surface area contributed by atoms with E-state index in [0.717, 1.165) is 18.0 Å². The van der Waals surface area contributed by atoms with Crippen LogP contribution < -0.4 is 0 Å². The summed E-state index contributed by atoms with van der Waals surface area (Å²) in [4.78, 5) is 0. The van der Waals surface area contributed by atoms with E-state index in [2.05, 4.69) is 11.2 Å². The van der Waals surface area contributed by atoms with E-state index in [0.29, 0.717) is 11.0 Å². The Morgan fingerprint density at radius 1 is 1.06 bits per heavy atom. The van der Waals surface area contributed by atoms with Gasteiger partial charge in [-0.2, -0.15) is 5.10 Å². The van der Waals surface area contributed by atoms with Gasteiger partial charge in [-0.05, 0) is 84.6 Å². The first-order chi connectivity index (χ1) is 15.1. The lowest BCUT2D eigenvalue weighted by atomic mass is 9.84. The third-order valence-corrected chi connectivity index (χ3v) is 6.95. The van der Waals surface area contributed by atoms with E-state index in [4.69, 9.17) is 10.2 Å². The van der Waals surface area contributed by atoms with Crippen molar-refractivity contribution < 1.29 is 19.0 Å². The van der Waals surface area contributed by atoms with Gasteiger partial charge in [0.05, 0.1) is 30.8 Å². The Morgan fingerprint density at radius 2 is 1.87 bits per heavy atom. The number of allylic oxidation sites excluding steroid dienone is 1. The van der Waals surface area contributed by atoms with Gasteiger partial charge in [-0.1, -0.05) is 17.7 Å². The number of nitrogens with zero attached hydrogens (tertiary/aromatic N) is 2. The van der Waals surface area contributed by atoms with Crippen molar-refractivity contribution in [2.45, 2.75) is 38.9 Å². The molecule has 2 atom stereocenters. The summed E-state index contributed by atoms with van der Waals surface area (Å²) in [5.74, 6) is 0.249. The van der Waals surface area contributed by atoms with Crippen molar-refractivity contribution in [2.24, 2.45) is 11.3 Å². The first kappa shape index (κ1) is 20.1. The molecular formula is C25H24F2N2O2. The first-order valence-corrected chi connectivity index (χ1v) is 10.6. The lowest BCUT2D eigenvalue weighted by molar-refractivity contribution is 0.255. The fourth-order valence-corrected chi connectivity index (χ4v) is 5.18. The van der Waals surface area contributed by atoms with Crippen LogP contribution in [0.1, 0.15) is 41.6 Å². The number of hydrogen-bond donors (Lipinski definition) is 2. The monoisotopic (exact) mass is 422 g/mol. The predicted molar refractivity (Wildman–Crippen MR) is 113 cm³/mol. The molecule has 4 nitrogen and oxygen atoms in total. The predicted octanol–water partition coefficient (Wildman–Crippen LogP) is 4.56. The summed E-state index contributed by atoms with van der Waals surface area (Å²) in [6.07, 6.45) is 9.48. The molecular weight excluding hydrogens is 398 g/mol. The van der Waals surface area contributed by atoms with Crippen LogP contribution in [0.2, 0.25) is 0 Å². The quantitative estimate of drug-likeness (QED) is 0.651. The molecule has 160 valence electrons. The molecule has 0 saturated heterocycles. The highest BCUT2D eigenvalue weighted by molar-refractivity contribution is 5.63. The SMILES string of the molecule is Fc1ccc(-n2ncc3c2C=C2CCC4CC24C3)cc1.OCc1cccc(F)c1CO. The maximum absolute atomic E-state index is 13.1. The zero-order valence-electron chi connectivity index (χ0n) is 17.1. The van der Waals surface area contributed by atoms with Crippen molar-refractivity contribution in [1.82, 2.24) is 9.78 Å². The molecule has 6 rings (SSSR count). The Hall–Kier alpha value is -2.83. The number of hydrogen-bond acceptors (Lipinski definition) is 3. The molecule has 0 bridgehead atoms. The van der Waals surface area contributed by atoms with E-state index in [1.165, 1.54) is 54.8 Å². The molecule has 2 unspecified atom stereocenters. The van der Waals surface area contributed by atoms with Crippen molar-refractivity contribution in [3.63, 3.8) is 0 Å². The molecule has 3 aliphatic rings. The van der Waals surface area contributed by atoms with E-state index < -0.39 is 5.82 Å². The van der Waals surface area contributed by atoms with Crippen LogP contribution in [0.3, 0.4) is 0 Å². The minimum Gasteiger partial charge on any atom is -0.392 e. The van der Waals surface area contributed by atoms with Gasteiger partial charge in [-0.15, -0.1) is 0 Å². The number of rotatable bonds is 3. The molecule has 3 aromatic rings. The molecule has 6 heteroatoms. The third-order valence-electron chi connectivity index (χ3n) is 6.95. The van der Waals surface area contributed by atoms with Crippen LogP contribution in [0, 0.1) is 23.0 Å². The van der Waals surface area contributed by atoms with Gasteiger partial charge in [0.15, 0.2) is 0 Å². The summed E-state index contributed by atoms with van der Waals surface area (Å²) in [5.41, 5.74) is 6.23. The van der Waals surface area contributed by atoms with Crippen molar-refractivity contribution in [3.8, 4) is 5.69 Å². The third kappa shape index (κ3) is 3.40. The summed E-state index contributed by atoms with van der Waals surface area (Å²) < 4.78 is 27.8. The van der Waals surface area contributed by atoms with E-state index >= 15 is 0 Å². The summed E-state index contributed by atoms with van der Waals surface area (Å²) in [6.45, 7) is -0.615. The van der Waals surface area contributed by atoms with Gasteiger partial charge in [-0.25, -0.2) is 13.5 Å². The number of halogens is 2. The van der Waals surface area contributed by atoms with Gasteiger partial charge in [0.1, 0.15) is 11.6 Å². The van der Waals surface area contributed by atoms with Crippen LogP contribution >= 0.6 is 0 Å². The molecule has 2 fully saturated rings. The second-order valence-corrected chi connectivity index (χ2v) is 8.58. The lowest BCUT2D eigenvalue weighted by Crippen LogP contribution is -2.13. The fourth-order valence-electron chi connectivity index (χ4n) is 5.18. The Labute approximate surface area is 179 Å². The maximum Gasteiger partial charge on any atom is 0.129 e. The zero-order valence-corrected chi connectivity index (χ0v) is 17.1. The minimum atomic E-state index is -0.473. The molecule has 2 aromatic carbocycles. The van der Waals surface area contributed by atoms with Gasteiger partial charge >= 0.3 is 0 Å². The van der Waals surface area contributed by atoms with Crippen molar-refractivity contribution in [1.29, 1.82) is 0 Å². The zero-order chi connectivity index (χ0) is 21.6. The normalized spacial score (nSPS) is 22.6. The highest BCUT2D eigenvalue weighted by atomic mass is 19.1. The van der Waals surface area contributed by atoms with Crippen LogP contribution in [0.25, 0.3) is 11.8 Å². The van der Waals surface area contributed by atoms with Gasteiger partial charge in [0.25, 0.3) is 0 Å². The first-order valence-electron chi connectivity index (χ1n) is 10.6. The fraction of sp³-hybridized carbons (Fsp3) is 0.320. The Kier molecular flexibility index (Phi) is 4.99. The van der Waals surface area contributed by atoms with Crippen LogP contribution in [0.4, 0.5) is 8.78 Å². The molecule has 2 N–H and O–H groups in total. The number of aliphatic hydroxyl groups excluding tert-OH is 2. The summed E-state index contributed by atoms with van der Waals surface area (Å²) >= 11 is 0. The molecule has 2 saturated carbocycles. The largest absolute Gasteiger partial charge is 0.392 e. The second-order valence-electron chi connectivity index (χ2n) is 8.58. The number of aromatic nitrogens is 2. The van der Waals surface area contributed by atoms with Crippen LogP contribution in [-0.4, -0.2) is 20.0 Å². The second kappa shape index (κ2) is 7.70. The van der Waals surface area contributed by atoms with Gasteiger partial charge in [-0.3, -0.25) is 0 Å². The average Bonchev–Trinajstić information content (AvgIpc) is 3.13. The van der Waals surface area contributed by atoms with Crippen molar-refractivity contribution in [2.75, 3.05) is 0 Å². The van der Waals surface area contributed by atoms with Gasteiger partial charge < -0.3 is 10.2 Å². The maximum atomic E-state index is 13.1. The van der Waals surface area contributed by atoms with Crippen LogP contribution in [0.5, 0.6) is 0 Å². The summed E-state index contributed by atoms with van der Waals surface area (Å²) in [6, 6.07) is 10.9. The van der Waals surface area contributed by atoms with Gasteiger partial charge in [0.2, 0.25) is 0 Å². The smallest absolute Gasteiger partial charge is 0.129 e. The number of benzene rings is 2. The Morgan fingerprint density at radius 3 is 2.55 bits per heavy atom. The molecule has 3 aliphatic carbocycles. The summed E-state index contributed by atoms with van der Waals surface area (Å²) in [7, 11) is 0. The minimum absolute atomic E-state index is 0.176. The van der Waals surface area contributed by atoms with Crippen LogP contribution in [-0.2, 0) is 19.6 Å². The van der Waals surface area contributed by atoms with Gasteiger partial charge in [0, 0.05) is 5.56 Å². The van der Waals surface area contributed by atoms with E-state index in [-0.39, 0.29) is 24.6 Å². The molecule has 1 aromatic heterocycles. The van der Waals surface area contributed by atoms with E-state index in [1.807, 2.05) is 10.9 Å². The van der Waals surface area contributed by atoms with E-state index in [9.17, 15) is 8.78 Å². The van der Waals surface area contributed by atoms with Crippen LogP contribution in [0.15, 0.2) is 54.2 Å². The summed E-state index contributed by atoms with van der Waals surface area (Å²) in [5, 5.41) is 21.9. The molecule has 1 heterocycles. The standard InChI is InChI=1S/C17H15FN2.C8H9FO2/c18-14-3-5-15(6-4-14)20-16-7-12-1-2-13-9-17(12,13)8-11(16)10-19-20;9-8-3-1-2-6(4-10)7(8)5-11/h3-7,10,13H,1-2,8-9H2;1-3,10-11H,4-5H2. The highest BCUT2D eigenvalue weighted by Gasteiger charge is 2.60. The lowest BCUT2D eigenvalue weighted by Gasteiger charge is -2.21. The highest BCUT2D eigenvalue weighted by Crippen LogP contribution is 2.69. The topological polar surface area (TPSA) is 58.3 Å². The van der Waals surface area contributed by atoms with E-state index in [1.54, 1.807) is 23.8 Å². The Balaban J connectivity index is 0.000000159. The Bertz CT molecular complexity index is 1150.